The molecule has 2 atom stereocenters. The molecule has 0 aliphatic carbocycles. The van der Waals surface area contributed by atoms with Gasteiger partial charge in [0.05, 0.1) is 6.54 Å². The Kier molecular flexibility index (Phi) is 7.37. The average Bonchev–Trinajstić information content (AvgIpc) is 2.27. The normalized spacial score (nSPS) is 23.2. The fraction of sp³-hybridized carbons (Fsp3) is 0.846. The summed E-state index contributed by atoms with van der Waals surface area (Å²) < 4.78 is 0. The number of hydrogen-bond donors (Lipinski definition) is 3. The molecule has 0 bridgehead atoms. The second-order valence-corrected chi connectivity index (χ2v) is 6.08. The lowest BCUT2D eigenvalue weighted by Crippen LogP contribution is -2.52. The summed E-state index contributed by atoms with van der Waals surface area (Å²) in [6, 6.07) is 0.165. The van der Waals surface area contributed by atoms with Crippen LogP contribution >= 0.6 is 12.4 Å². The van der Waals surface area contributed by atoms with Gasteiger partial charge >= 0.3 is 0 Å². The summed E-state index contributed by atoms with van der Waals surface area (Å²) >= 11 is 0. The number of hydrogen-bond acceptors (Lipinski definition) is 3. The predicted molar refractivity (Wildman–Crippen MR) is 78.3 cm³/mol. The Morgan fingerprint density at radius 1 is 1.32 bits per heavy atom. The summed E-state index contributed by atoms with van der Waals surface area (Å²) in [4.78, 5) is 23.4. The molecule has 0 aromatic heterocycles. The first kappa shape index (κ1) is 18.2. The Hall–Kier alpha value is -0.810. The van der Waals surface area contributed by atoms with E-state index >= 15 is 0 Å². The van der Waals surface area contributed by atoms with Gasteiger partial charge in [0, 0.05) is 18.0 Å². The predicted octanol–water partition coefficient (Wildman–Crippen LogP) is 0.685. The van der Waals surface area contributed by atoms with Crippen LogP contribution in [-0.2, 0) is 9.59 Å². The molecule has 1 rings (SSSR count). The Labute approximate surface area is 121 Å². The largest absolute Gasteiger partial charge is 0.350 e. The highest BCUT2D eigenvalue weighted by molar-refractivity contribution is 5.87. The quantitative estimate of drug-likeness (QED) is 0.716. The van der Waals surface area contributed by atoms with Crippen LogP contribution in [0.25, 0.3) is 0 Å². The average molecular weight is 292 g/mol. The van der Waals surface area contributed by atoms with Crippen molar-refractivity contribution in [3.05, 3.63) is 0 Å². The molecule has 2 amide bonds. The van der Waals surface area contributed by atoms with Gasteiger partial charge in [-0.15, -0.1) is 12.4 Å². The fourth-order valence-corrected chi connectivity index (χ4v) is 1.87. The van der Waals surface area contributed by atoms with E-state index in [1.165, 1.54) is 0 Å². The molecule has 112 valence electrons. The van der Waals surface area contributed by atoms with Crippen LogP contribution in [0.15, 0.2) is 0 Å². The van der Waals surface area contributed by atoms with E-state index in [2.05, 4.69) is 22.9 Å². The minimum absolute atomic E-state index is 0. The molecule has 3 N–H and O–H groups in total. The number of carbonyl (C=O) groups excluding carboxylic acids is 2. The maximum atomic E-state index is 11.7. The first-order chi connectivity index (χ1) is 8.30. The highest BCUT2D eigenvalue weighted by Gasteiger charge is 2.24. The number of halogens is 1. The van der Waals surface area contributed by atoms with Crippen LogP contribution in [0.4, 0.5) is 0 Å². The number of piperidine rings is 1. The minimum Gasteiger partial charge on any atom is -0.350 e. The van der Waals surface area contributed by atoms with E-state index < -0.39 is 5.41 Å². The lowest BCUT2D eigenvalue weighted by atomic mass is 9.94. The van der Waals surface area contributed by atoms with Crippen molar-refractivity contribution in [2.24, 2.45) is 11.3 Å². The molecule has 2 unspecified atom stereocenters. The summed E-state index contributed by atoms with van der Waals surface area (Å²) in [5.41, 5.74) is -0.458. The third-order valence-corrected chi connectivity index (χ3v) is 3.26. The van der Waals surface area contributed by atoms with Gasteiger partial charge in [0.2, 0.25) is 11.8 Å². The van der Waals surface area contributed by atoms with Crippen molar-refractivity contribution in [2.75, 3.05) is 19.6 Å². The van der Waals surface area contributed by atoms with Crippen molar-refractivity contribution in [1.82, 2.24) is 16.0 Å². The van der Waals surface area contributed by atoms with E-state index in [-0.39, 0.29) is 36.8 Å². The van der Waals surface area contributed by atoms with Gasteiger partial charge < -0.3 is 16.0 Å². The monoisotopic (exact) mass is 291 g/mol. The molecule has 1 aliphatic rings. The number of nitrogens with one attached hydrogen (secondary N) is 3. The number of rotatable bonds is 3. The van der Waals surface area contributed by atoms with Crippen LogP contribution in [-0.4, -0.2) is 37.5 Å². The highest BCUT2D eigenvalue weighted by Crippen LogP contribution is 2.12. The highest BCUT2D eigenvalue weighted by atomic mass is 35.5. The number of carbonyl (C=O) groups is 2. The first-order valence-corrected chi connectivity index (χ1v) is 6.59. The van der Waals surface area contributed by atoms with Crippen molar-refractivity contribution in [3.63, 3.8) is 0 Å². The van der Waals surface area contributed by atoms with E-state index in [9.17, 15) is 9.59 Å². The lowest BCUT2D eigenvalue weighted by Gasteiger charge is -2.30. The molecular formula is C13H26ClN3O2. The summed E-state index contributed by atoms with van der Waals surface area (Å²) in [5.74, 6) is 0.258. The molecule has 1 aliphatic heterocycles. The number of amides is 2. The molecule has 0 spiro atoms. The minimum atomic E-state index is -0.458. The summed E-state index contributed by atoms with van der Waals surface area (Å²) in [5, 5.41) is 8.87. The second-order valence-electron chi connectivity index (χ2n) is 6.08. The zero-order chi connectivity index (χ0) is 13.8. The Morgan fingerprint density at radius 3 is 2.47 bits per heavy atom. The van der Waals surface area contributed by atoms with Crippen molar-refractivity contribution < 1.29 is 9.59 Å². The van der Waals surface area contributed by atoms with E-state index in [0.29, 0.717) is 5.92 Å². The van der Waals surface area contributed by atoms with Crippen LogP contribution in [0.1, 0.15) is 34.1 Å². The van der Waals surface area contributed by atoms with Crippen molar-refractivity contribution in [1.29, 1.82) is 0 Å². The molecule has 0 aromatic rings. The van der Waals surface area contributed by atoms with Crippen molar-refractivity contribution in [2.45, 2.75) is 40.2 Å². The Balaban J connectivity index is 0.00000324. The van der Waals surface area contributed by atoms with Crippen LogP contribution in [0.2, 0.25) is 0 Å². The zero-order valence-corrected chi connectivity index (χ0v) is 13.0. The molecule has 6 heteroatoms. The van der Waals surface area contributed by atoms with E-state index in [0.717, 1.165) is 19.5 Å². The van der Waals surface area contributed by atoms with Crippen molar-refractivity contribution in [3.8, 4) is 0 Å². The molecular weight excluding hydrogens is 266 g/mol. The fourth-order valence-electron chi connectivity index (χ4n) is 1.87. The molecule has 0 saturated carbocycles. The maximum Gasteiger partial charge on any atom is 0.239 e. The maximum absolute atomic E-state index is 11.7. The zero-order valence-electron chi connectivity index (χ0n) is 12.2. The van der Waals surface area contributed by atoms with Gasteiger partial charge in [-0.1, -0.05) is 27.7 Å². The SMILES string of the molecule is CC1CCNCC1NC(=O)CNC(=O)C(C)(C)C.Cl. The molecule has 0 aromatic carbocycles. The van der Waals surface area contributed by atoms with Gasteiger partial charge in [-0.2, -0.15) is 0 Å². The van der Waals surface area contributed by atoms with Gasteiger partial charge in [-0.25, -0.2) is 0 Å². The second kappa shape index (κ2) is 7.70. The van der Waals surface area contributed by atoms with Gasteiger partial charge in [0.1, 0.15) is 0 Å². The summed E-state index contributed by atoms with van der Waals surface area (Å²) in [6.07, 6.45) is 1.07. The van der Waals surface area contributed by atoms with Crippen LogP contribution in [0.5, 0.6) is 0 Å². The first-order valence-electron chi connectivity index (χ1n) is 6.59. The van der Waals surface area contributed by atoms with Gasteiger partial charge in [-0.05, 0) is 18.9 Å². The molecule has 1 saturated heterocycles. The van der Waals surface area contributed by atoms with E-state index in [1.54, 1.807) is 0 Å². The van der Waals surface area contributed by atoms with Gasteiger partial charge in [-0.3, -0.25) is 9.59 Å². The van der Waals surface area contributed by atoms with Crippen LogP contribution < -0.4 is 16.0 Å². The third kappa shape index (κ3) is 6.25. The topological polar surface area (TPSA) is 70.2 Å². The smallest absolute Gasteiger partial charge is 0.239 e. The molecule has 19 heavy (non-hydrogen) atoms. The van der Waals surface area contributed by atoms with E-state index in [4.69, 9.17) is 0 Å². The summed E-state index contributed by atoms with van der Waals surface area (Å²) in [6.45, 7) is 9.49. The standard InChI is InChI=1S/C13H25N3O2.ClH/c1-9-5-6-14-7-10(9)16-11(17)8-15-12(18)13(2,3)4;/h9-10,14H,5-8H2,1-4H3,(H,15,18)(H,16,17);1H. The third-order valence-electron chi connectivity index (χ3n) is 3.26. The Bertz CT molecular complexity index is 316. The van der Waals surface area contributed by atoms with Crippen LogP contribution in [0.3, 0.4) is 0 Å². The lowest BCUT2D eigenvalue weighted by molar-refractivity contribution is -0.131. The van der Waals surface area contributed by atoms with Crippen molar-refractivity contribution >= 4 is 24.2 Å². The molecule has 0 radical (unpaired) electrons. The molecule has 1 heterocycles. The van der Waals surface area contributed by atoms with E-state index in [1.807, 2.05) is 20.8 Å². The molecule has 1 fully saturated rings. The van der Waals surface area contributed by atoms with Crippen LogP contribution in [0, 0.1) is 11.3 Å². The van der Waals surface area contributed by atoms with Gasteiger partial charge in [0.15, 0.2) is 0 Å². The van der Waals surface area contributed by atoms with Gasteiger partial charge in [0.25, 0.3) is 0 Å². The summed E-state index contributed by atoms with van der Waals surface area (Å²) in [7, 11) is 0. The molecule has 5 nitrogen and oxygen atoms in total. The Morgan fingerprint density at radius 2 is 1.95 bits per heavy atom.